The van der Waals surface area contributed by atoms with Gasteiger partial charge < -0.3 is 14.7 Å². The SMILES string of the molecule is COc1ccccc1[C@H](c1cccc2ccccc12)C(C)(C#N)C(O)N1CCN(c2ccccc2F)CC1. The van der Waals surface area contributed by atoms with E-state index in [9.17, 15) is 14.8 Å². The number of methoxy groups -OCH3 is 1. The first kappa shape index (κ1) is 25.7. The van der Waals surface area contributed by atoms with E-state index < -0.39 is 17.6 Å². The molecule has 0 aliphatic carbocycles. The summed E-state index contributed by atoms with van der Waals surface area (Å²) < 4.78 is 20.1. The molecule has 0 saturated carbocycles. The van der Waals surface area contributed by atoms with Crippen LogP contribution in [0, 0.1) is 22.6 Å². The normalized spacial score (nSPS) is 17.4. The van der Waals surface area contributed by atoms with Crippen LogP contribution in [0.1, 0.15) is 24.0 Å². The Morgan fingerprint density at radius 2 is 1.50 bits per heavy atom. The molecule has 1 N–H and O–H groups in total. The molecule has 194 valence electrons. The number of hydrogen-bond acceptors (Lipinski definition) is 5. The molecule has 4 aromatic carbocycles. The summed E-state index contributed by atoms with van der Waals surface area (Å²) in [5.41, 5.74) is 1.14. The number of aliphatic hydroxyl groups is 1. The zero-order chi connectivity index (χ0) is 26.7. The Morgan fingerprint density at radius 1 is 0.868 bits per heavy atom. The van der Waals surface area contributed by atoms with Crippen molar-refractivity contribution in [3.63, 3.8) is 0 Å². The first-order chi connectivity index (χ1) is 18.5. The van der Waals surface area contributed by atoms with Crippen molar-refractivity contribution < 1.29 is 14.2 Å². The Hall–Kier alpha value is -3.92. The molecule has 2 unspecified atom stereocenters. The molecule has 0 spiro atoms. The van der Waals surface area contributed by atoms with Crippen LogP contribution in [-0.2, 0) is 0 Å². The highest BCUT2D eigenvalue weighted by Gasteiger charge is 2.47. The number of hydrogen-bond donors (Lipinski definition) is 1. The highest BCUT2D eigenvalue weighted by Crippen LogP contribution is 2.48. The predicted molar refractivity (Wildman–Crippen MR) is 149 cm³/mol. The van der Waals surface area contributed by atoms with E-state index in [1.165, 1.54) is 6.07 Å². The van der Waals surface area contributed by atoms with Gasteiger partial charge in [0.05, 0.1) is 18.9 Å². The zero-order valence-corrected chi connectivity index (χ0v) is 21.7. The summed E-state index contributed by atoms with van der Waals surface area (Å²) in [6.07, 6.45) is -1.07. The topological polar surface area (TPSA) is 59.7 Å². The number of anilines is 1. The maximum absolute atomic E-state index is 14.4. The number of benzene rings is 4. The van der Waals surface area contributed by atoms with Crippen LogP contribution < -0.4 is 9.64 Å². The average molecular weight is 510 g/mol. The fourth-order valence-electron chi connectivity index (χ4n) is 5.79. The second-order valence-electron chi connectivity index (χ2n) is 9.99. The van der Waals surface area contributed by atoms with Gasteiger partial charge in [-0.15, -0.1) is 0 Å². The lowest BCUT2D eigenvalue weighted by atomic mass is 9.68. The highest BCUT2D eigenvalue weighted by atomic mass is 19.1. The summed E-state index contributed by atoms with van der Waals surface area (Å²) >= 11 is 0. The molecule has 0 amide bonds. The lowest BCUT2D eigenvalue weighted by molar-refractivity contribution is -0.0702. The van der Waals surface area contributed by atoms with E-state index in [0.29, 0.717) is 37.6 Å². The average Bonchev–Trinajstić information content (AvgIpc) is 2.97. The number of aliphatic hydroxyl groups excluding tert-OH is 1. The standard InChI is InChI=1S/C32H32FN3O2/c1-32(22-34,31(37)36-20-18-35(19-21-36)28-16-7-6-15-27(28)33)30(26-13-5-8-17-29(26)38-2)25-14-9-11-23-10-3-4-12-24(23)25/h3-17,30-31,37H,18-21H2,1-2H3/t30-,31?,32?/m0/s1. The maximum atomic E-state index is 14.4. The van der Waals surface area contributed by atoms with Crippen molar-refractivity contribution in [3.8, 4) is 11.8 Å². The maximum Gasteiger partial charge on any atom is 0.146 e. The van der Waals surface area contributed by atoms with E-state index in [0.717, 1.165) is 21.9 Å². The fourth-order valence-corrected chi connectivity index (χ4v) is 5.79. The monoisotopic (exact) mass is 509 g/mol. The van der Waals surface area contributed by atoms with Gasteiger partial charge >= 0.3 is 0 Å². The number of para-hydroxylation sites is 2. The second-order valence-corrected chi connectivity index (χ2v) is 9.99. The Balaban J connectivity index is 1.54. The molecule has 5 nitrogen and oxygen atoms in total. The molecule has 4 aromatic rings. The van der Waals surface area contributed by atoms with Crippen molar-refractivity contribution in [1.29, 1.82) is 5.26 Å². The number of nitriles is 1. The number of rotatable bonds is 7. The van der Waals surface area contributed by atoms with Crippen LogP contribution in [0.15, 0.2) is 91.0 Å². The number of nitrogens with zero attached hydrogens (tertiary/aromatic N) is 3. The third-order valence-corrected chi connectivity index (χ3v) is 7.81. The summed E-state index contributed by atoms with van der Waals surface area (Å²) in [5.74, 6) is -0.0617. The molecule has 1 aliphatic heterocycles. The van der Waals surface area contributed by atoms with E-state index in [4.69, 9.17) is 4.74 Å². The minimum atomic E-state index is -1.22. The van der Waals surface area contributed by atoms with E-state index in [2.05, 4.69) is 24.3 Å². The first-order valence-corrected chi connectivity index (χ1v) is 12.9. The van der Waals surface area contributed by atoms with Gasteiger partial charge in [-0.25, -0.2) is 4.39 Å². The van der Waals surface area contributed by atoms with Crippen molar-refractivity contribution >= 4 is 16.5 Å². The lowest BCUT2D eigenvalue weighted by Crippen LogP contribution is -2.56. The van der Waals surface area contributed by atoms with Gasteiger partial charge in [-0.1, -0.05) is 72.8 Å². The van der Waals surface area contributed by atoms with Gasteiger partial charge in [-0.2, -0.15) is 5.26 Å². The summed E-state index contributed by atoms with van der Waals surface area (Å²) in [6, 6.07) is 31.2. The molecule has 38 heavy (non-hydrogen) atoms. The quantitative estimate of drug-likeness (QED) is 0.342. The van der Waals surface area contributed by atoms with Crippen LogP contribution in [0.3, 0.4) is 0 Å². The highest BCUT2D eigenvalue weighted by molar-refractivity contribution is 5.87. The van der Waals surface area contributed by atoms with E-state index in [1.807, 2.05) is 71.3 Å². The van der Waals surface area contributed by atoms with E-state index in [1.54, 1.807) is 19.2 Å². The molecule has 3 atom stereocenters. The molecule has 1 fully saturated rings. The Labute approximate surface area is 223 Å². The van der Waals surface area contributed by atoms with Crippen LogP contribution >= 0.6 is 0 Å². The van der Waals surface area contributed by atoms with E-state index in [-0.39, 0.29) is 5.82 Å². The van der Waals surface area contributed by atoms with Crippen LogP contribution in [0.5, 0.6) is 5.75 Å². The van der Waals surface area contributed by atoms with E-state index >= 15 is 0 Å². The summed E-state index contributed by atoms with van der Waals surface area (Å²) in [6.45, 7) is 3.93. The first-order valence-electron chi connectivity index (χ1n) is 12.9. The predicted octanol–water partition coefficient (Wildman–Crippen LogP) is 5.79. The van der Waals surface area contributed by atoms with Crippen molar-refractivity contribution in [3.05, 3.63) is 108 Å². The van der Waals surface area contributed by atoms with Crippen LogP contribution in [0.4, 0.5) is 10.1 Å². The van der Waals surface area contributed by atoms with Crippen molar-refractivity contribution in [2.45, 2.75) is 19.1 Å². The molecule has 0 bridgehead atoms. The molecule has 1 saturated heterocycles. The van der Waals surface area contributed by atoms with Crippen molar-refractivity contribution in [1.82, 2.24) is 4.90 Å². The summed E-state index contributed by atoms with van der Waals surface area (Å²) in [4.78, 5) is 3.93. The number of fused-ring (bicyclic) bond motifs is 1. The minimum Gasteiger partial charge on any atom is -0.496 e. The van der Waals surface area contributed by atoms with Gasteiger partial charge in [0.25, 0.3) is 0 Å². The van der Waals surface area contributed by atoms with Gasteiger partial charge in [0, 0.05) is 37.7 Å². The van der Waals surface area contributed by atoms with Crippen LogP contribution in [-0.4, -0.2) is 49.5 Å². The molecule has 6 heteroatoms. The summed E-state index contributed by atoms with van der Waals surface area (Å²) in [5, 5.41) is 24.7. The van der Waals surface area contributed by atoms with Gasteiger partial charge in [-0.05, 0) is 41.5 Å². The third kappa shape index (κ3) is 4.60. The van der Waals surface area contributed by atoms with Gasteiger partial charge in [0.1, 0.15) is 23.2 Å². The Bertz CT molecular complexity index is 1460. The number of ether oxygens (including phenoxy) is 1. The van der Waals surface area contributed by atoms with Gasteiger partial charge in [0.15, 0.2) is 0 Å². The van der Waals surface area contributed by atoms with Gasteiger partial charge in [-0.3, -0.25) is 4.90 Å². The second kappa shape index (κ2) is 10.8. The fraction of sp³-hybridized carbons (Fsp3) is 0.281. The van der Waals surface area contributed by atoms with Crippen molar-refractivity contribution in [2.24, 2.45) is 5.41 Å². The molecular formula is C32H32FN3O2. The van der Waals surface area contributed by atoms with Crippen LogP contribution in [0.25, 0.3) is 10.8 Å². The Morgan fingerprint density at radius 3 is 2.24 bits per heavy atom. The minimum absolute atomic E-state index is 0.254. The number of piperazine rings is 1. The largest absolute Gasteiger partial charge is 0.496 e. The molecule has 1 aliphatic rings. The van der Waals surface area contributed by atoms with Gasteiger partial charge in [0.2, 0.25) is 0 Å². The lowest BCUT2D eigenvalue weighted by Gasteiger charge is -2.45. The summed E-state index contributed by atoms with van der Waals surface area (Å²) in [7, 11) is 1.63. The molecule has 1 heterocycles. The molecular weight excluding hydrogens is 477 g/mol. The smallest absolute Gasteiger partial charge is 0.146 e. The zero-order valence-electron chi connectivity index (χ0n) is 21.7. The molecule has 5 rings (SSSR count). The molecule has 0 aromatic heterocycles. The van der Waals surface area contributed by atoms with Crippen LogP contribution in [0.2, 0.25) is 0 Å². The molecule has 0 radical (unpaired) electrons. The third-order valence-electron chi connectivity index (χ3n) is 7.81. The number of halogens is 1. The van der Waals surface area contributed by atoms with Crippen molar-refractivity contribution in [2.75, 3.05) is 38.2 Å². The Kier molecular flexibility index (Phi) is 7.33.